The Morgan fingerprint density at radius 2 is 2.07 bits per heavy atom. The van der Waals surface area contributed by atoms with E-state index in [1.165, 1.54) is 0 Å². The molecule has 146 valence electrons. The first-order valence-corrected chi connectivity index (χ1v) is 9.51. The summed E-state index contributed by atoms with van der Waals surface area (Å²) in [6, 6.07) is 1.96. The minimum absolute atomic E-state index is 0.0381. The van der Waals surface area contributed by atoms with E-state index < -0.39 is 0 Å². The minimum atomic E-state index is -0.320. The van der Waals surface area contributed by atoms with Crippen molar-refractivity contribution in [2.45, 2.75) is 45.4 Å². The van der Waals surface area contributed by atoms with Gasteiger partial charge in [-0.3, -0.25) is 4.79 Å². The number of fused-ring (bicyclic) bond motifs is 1. The molecule has 2 aromatic heterocycles. The van der Waals surface area contributed by atoms with Gasteiger partial charge in [-0.25, -0.2) is 9.67 Å². The van der Waals surface area contributed by atoms with Gasteiger partial charge in [-0.1, -0.05) is 0 Å². The molecular formula is C19H26N4O4. The molecule has 1 atom stereocenters. The highest BCUT2D eigenvalue weighted by atomic mass is 16.7. The van der Waals surface area contributed by atoms with Gasteiger partial charge in [0.25, 0.3) is 5.91 Å². The fourth-order valence-corrected chi connectivity index (χ4v) is 4.01. The van der Waals surface area contributed by atoms with E-state index in [1.54, 1.807) is 4.68 Å². The summed E-state index contributed by atoms with van der Waals surface area (Å²) in [5.41, 5.74) is 2.73. The number of carbonyl (C=O) groups excluding carboxylic acids is 1. The molecule has 2 aliphatic rings. The number of hydrogen-bond acceptors (Lipinski definition) is 6. The number of amides is 1. The van der Waals surface area contributed by atoms with Crippen molar-refractivity contribution in [2.75, 3.05) is 26.4 Å². The number of nitrogens with zero attached hydrogens (tertiary/aromatic N) is 4. The first kappa shape index (κ1) is 18.2. The van der Waals surface area contributed by atoms with Crippen LogP contribution in [0.3, 0.4) is 0 Å². The number of hydrogen-bond donors (Lipinski definition) is 0. The van der Waals surface area contributed by atoms with Gasteiger partial charge < -0.3 is 19.1 Å². The van der Waals surface area contributed by atoms with Crippen molar-refractivity contribution in [3.05, 3.63) is 17.3 Å². The molecule has 1 unspecified atom stereocenters. The van der Waals surface area contributed by atoms with Crippen LogP contribution in [-0.2, 0) is 21.3 Å². The predicted octanol–water partition coefficient (Wildman–Crippen LogP) is 1.72. The minimum Gasteiger partial charge on any atom is -0.466 e. The zero-order valence-corrected chi connectivity index (χ0v) is 16.1. The summed E-state index contributed by atoms with van der Waals surface area (Å²) >= 11 is 0. The number of piperidine rings is 1. The van der Waals surface area contributed by atoms with Crippen LogP contribution in [0.15, 0.2) is 6.07 Å². The lowest BCUT2D eigenvalue weighted by molar-refractivity contribution is -0.152. The van der Waals surface area contributed by atoms with Gasteiger partial charge in [-0.2, -0.15) is 0 Å². The molecule has 0 N–H and O–H groups in total. The quantitative estimate of drug-likeness (QED) is 0.811. The van der Waals surface area contributed by atoms with Crippen LogP contribution in [0.25, 0.3) is 11.0 Å². The van der Waals surface area contributed by atoms with Crippen LogP contribution >= 0.6 is 0 Å². The van der Waals surface area contributed by atoms with E-state index in [9.17, 15) is 4.79 Å². The van der Waals surface area contributed by atoms with E-state index in [1.807, 2.05) is 31.9 Å². The maximum absolute atomic E-state index is 12.9. The summed E-state index contributed by atoms with van der Waals surface area (Å²) < 4.78 is 18.8. The Kier molecular flexibility index (Phi) is 5.01. The molecule has 2 aliphatic heterocycles. The zero-order valence-electron chi connectivity index (χ0n) is 16.1. The molecule has 0 radical (unpaired) electrons. The van der Waals surface area contributed by atoms with Crippen LogP contribution in [0.5, 0.6) is 5.88 Å². The maximum atomic E-state index is 12.9. The van der Waals surface area contributed by atoms with E-state index >= 15 is 0 Å². The molecule has 0 saturated carbocycles. The molecule has 0 spiro atoms. The molecule has 2 aromatic rings. The van der Waals surface area contributed by atoms with Crippen LogP contribution in [0.1, 0.15) is 30.5 Å². The predicted molar refractivity (Wildman–Crippen MR) is 98.5 cm³/mol. The number of aromatic nitrogens is 3. The van der Waals surface area contributed by atoms with Gasteiger partial charge in [0, 0.05) is 19.3 Å². The van der Waals surface area contributed by atoms with Crippen LogP contribution in [0.4, 0.5) is 0 Å². The second-order valence-electron chi connectivity index (χ2n) is 7.26. The average molecular weight is 374 g/mol. The number of rotatable bonds is 4. The zero-order chi connectivity index (χ0) is 19.0. The van der Waals surface area contributed by atoms with Crippen LogP contribution in [-0.4, -0.2) is 64.3 Å². The molecule has 2 saturated heterocycles. The fourth-order valence-electron chi connectivity index (χ4n) is 4.01. The van der Waals surface area contributed by atoms with E-state index in [0.29, 0.717) is 25.6 Å². The third-order valence-corrected chi connectivity index (χ3v) is 5.25. The second kappa shape index (κ2) is 7.44. The first-order valence-electron chi connectivity index (χ1n) is 9.51. The molecule has 0 bridgehead atoms. The smallest absolute Gasteiger partial charge is 0.261 e. The van der Waals surface area contributed by atoms with Crippen LogP contribution in [0.2, 0.25) is 0 Å². The van der Waals surface area contributed by atoms with E-state index in [2.05, 4.69) is 10.1 Å². The molecule has 4 rings (SSSR count). The monoisotopic (exact) mass is 374 g/mol. The Bertz CT molecular complexity index is 844. The third kappa shape index (κ3) is 3.51. The van der Waals surface area contributed by atoms with Gasteiger partial charge in [-0.15, -0.1) is 5.10 Å². The number of ether oxygens (including phenoxy) is 3. The molecular weight excluding hydrogens is 348 g/mol. The number of aryl methyl sites for hydroxylation is 3. The Hall–Kier alpha value is -2.19. The Labute approximate surface area is 158 Å². The van der Waals surface area contributed by atoms with Crippen molar-refractivity contribution in [2.24, 2.45) is 7.05 Å². The summed E-state index contributed by atoms with van der Waals surface area (Å²) in [7, 11) is 1.83. The summed E-state index contributed by atoms with van der Waals surface area (Å²) in [4.78, 5) is 19.2. The summed E-state index contributed by atoms with van der Waals surface area (Å²) in [5, 5.41) is 5.27. The van der Waals surface area contributed by atoms with Crippen molar-refractivity contribution in [3.63, 3.8) is 0 Å². The molecule has 8 heteroatoms. The van der Waals surface area contributed by atoms with Crippen molar-refractivity contribution in [3.8, 4) is 5.88 Å². The van der Waals surface area contributed by atoms with Crippen molar-refractivity contribution < 1.29 is 19.0 Å². The number of carbonyl (C=O) groups is 1. The number of likely N-dealkylation sites (tertiary alicyclic amines) is 1. The second-order valence-corrected chi connectivity index (χ2v) is 7.26. The SMILES string of the molecule is Cc1cc(C)c2c(OCC(=O)N3CCCCC3C3OCCO3)nn(C)c2n1. The summed E-state index contributed by atoms with van der Waals surface area (Å²) in [5.74, 6) is 0.392. The van der Waals surface area contributed by atoms with Gasteiger partial charge >= 0.3 is 0 Å². The van der Waals surface area contributed by atoms with Gasteiger partial charge in [-0.05, 0) is 44.7 Å². The van der Waals surface area contributed by atoms with Crippen molar-refractivity contribution in [1.82, 2.24) is 19.7 Å². The van der Waals surface area contributed by atoms with E-state index in [4.69, 9.17) is 14.2 Å². The lowest BCUT2D eigenvalue weighted by Gasteiger charge is -2.37. The molecule has 0 aliphatic carbocycles. The van der Waals surface area contributed by atoms with E-state index in [0.717, 1.165) is 41.6 Å². The van der Waals surface area contributed by atoms with Gasteiger partial charge in [0.2, 0.25) is 5.88 Å². The third-order valence-electron chi connectivity index (χ3n) is 5.25. The molecule has 27 heavy (non-hydrogen) atoms. The topological polar surface area (TPSA) is 78.7 Å². The van der Waals surface area contributed by atoms with Crippen molar-refractivity contribution in [1.29, 1.82) is 0 Å². The van der Waals surface area contributed by atoms with Gasteiger partial charge in [0.1, 0.15) is 0 Å². The largest absolute Gasteiger partial charge is 0.466 e. The molecule has 8 nitrogen and oxygen atoms in total. The lowest BCUT2D eigenvalue weighted by atomic mass is 10.0. The van der Waals surface area contributed by atoms with Gasteiger partial charge in [0.15, 0.2) is 18.5 Å². The Morgan fingerprint density at radius 1 is 1.30 bits per heavy atom. The summed E-state index contributed by atoms with van der Waals surface area (Å²) in [6.07, 6.45) is 2.64. The molecule has 1 amide bonds. The lowest BCUT2D eigenvalue weighted by Crippen LogP contribution is -2.51. The first-order chi connectivity index (χ1) is 13.0. The highest BCUT2D eigenvalue weighted by molar-refractivity contribution is 5.85. The summed E-state index contributed by atoms with van der Waals surface area (Å²) in [6.45, 7) is 5.79. The standard InChI is InChI=1S/C19H26N4O4/c1-12-10-13(2)20-17-16(12)18(21-22(17)3)27-11-15(24)23-7-5-4-6-14(23)19-25-8-9-26-19/h10,14,19H,4-9,11H2,1-3H3. The maximum Gasteiger partial charge on any atom is 0.261 e. The van der Waals surface area contributed by atoms with Gasteiger partial charge in [0.05, 0.1) is 24.6 Å². The number of pyridine rings is 1. The van der Waals surface area contributed by atoms with Crippen molar-refractivity contribution >= 4 is 16.9 Å². The average Bonchev–Trinajstić information content (AvgIpc) is 3.28. The van der Waals surface area contributed by atoms with Crippen LogP contribution < -0.4 is 4.74 Å². The highest BCUT2D eigenvalue weighted by Gasteiger charge is 2.36. The molecule has 2 fully saturated rings. The van der Waals surface area contributed by atoms with Crippen LogP contribution in [0, 0.1) is 13.8 Å². The van der Waals surface area contributed by atoms with E-state index in [-0.39, 0.29) is 24.8 Å². The normalized spacial score (nSPS) is 21.1. The molecule has 4 heterocycles. The Balaban J connectivity index is 1.49. The molecule has 0 aromatic carbocycles. The fraction of sp³-hybridized carbons (Fsp3) is 0.632. The Morgan fingerprint density at radius 3 is 2.85 bits per heavy atom. The highest BCUT2D eigenvalue weighted by Crippen LogP contribution is 2.28.